The van der Waals surface area contributed by atoms with E-state index in [4.69, 9.17) is 5.73 Å². The zero-order chi connectivity index (χ0) is 13.7. The maximum Gasteiger partial charge on any atom is 0.272 e. The Morgan fingerprint density at radius 3 is 2.56 bits per heavy atom. The van der Waals surface area contributed by atoms with Crippen molar-refractivity contribution in [3.05, 3.63) is 33.9 Å². The van der Waals surface area contributed by atoms with E-state index < -0.39 is 0 Å². The van der Waals surface area contributed by atoms with Gasteiger partial charge in [-0.15, -0.1) is 0 Å². The Morgan fingerprint density at radius 2 is 2.11 bits per heavy atom. The molecular weight excluding hydrogens is 230 g/mol. The summed E-state index contributed by atoms with van der Waals surface area (Å²) in [5.41, 5.74) is 7.42. The first kappa shape index (κ1) is 14.4. The largest absolute Gasteiger partial charge is 0.385 e. The van der Waals surface area contributed by atoms with Gasteiger partial charge in [-0.25, -0.2) is 0 Å². The van der Waals surface area contributed by atoms with Crippen LogP contribution in [-0.4, -0.2) is 18.0 Å². The van der Waals surface area contributed by atoms with Crippen molar-refractivity contribution in [2.45, 2.75) is 20.8 Å². The van der Waals surface area contributed by atoms with Gasteiger partial charge in [0, 0.05) is 23.9 Å². The highest BCUT2D eigenvalue weighted by molar-refractivity contribution is 5.53. The van der Waals surface area contributed by atoms with Crippen LogP contribution in [0.2, 0.25) is 0 Å². The Hall–Kier alpha value is -1.62. The highest BCUT2D eigenvalue weighted by atomic mass is 16.6. The summed E-state index contributed by atoms with van der Waals surface area (Å²) in [5.74, 6) is 0.919. The van der Waals surface area contributed by atoms with E-state index in [1.54, 1.807) is 19.1 Å². The minimum Gasteiger partial charge on any atom is -0.385 e. The van der Waals surface area contributed by atoms with Gasteiger partial charge in [-0.3, -0.25) is 10.1 Å². The summed E-state index contributed by atoms with van der Waals surface area (Å²) >= 11 is 0. The molecule has 5 heteroatoms. The molecule has 5 nitrogen and oxygen atoms in total. The van der Waals surface area contributed by atoms with Crippen LogP contribution in [0.3, 0.4) is 0 Å². The number of nitrogens with zero attached hydrogens (tertiary/aromatic N) is 1. The number of hydrogen-bond acceptors (Lipinski definition) is 4. The Bertz CT molecular complexity index is 419. The van der Waals surface area contributed by atoms with E-state index in [1.165, 1.54) is 6.07 Å². The second-order valence-electron chi connectivity index (χ2n) is 4.88. The molecule has 0 saturated heterocycles. The molecule has 3 N–H and O–H groups in total. The fraction of sp³-hybridized carbons (Fsp3) is 0.538. The van der Waals surface area contributed by atoms with Crippen molar-refractivity contribution in [2.75, 3.05) is 18.4 Å². The van der Waals surface area contributed by atoms with Gasteiger partial charge in [-0.05, 0) is 37.4 Å². The van der Waals surface area contributed by atoms with Crippen LogP contribution in [0, 0.1) is 28.9 Å². The first-order valence-corrected chi connectivity index (χ1v) is 6.14. The minimum atomic E-state index is -0.365. The molecule has 1 rings (SSSR count). The standard InChI is InChI=1S/C13H21N3O2/c1-9(2)11(7-14)8-15-12-4-5-13(16(17)18)10(3)6-12/h4-6,9,11,15H,7-8,14H2,1-3H3. The van der Waals surface area contributed by atoms with Crippen LogP contribution >= 0.6 is 0 Å². The molecule has 0 aromatic heterocycles. The van der Waals surface area contributed by atoms with E-state index in [0.29, 0.717) is 23.9 Å². The third-order valence-corrected chi connectivity index (χ3v) is 3.21. The zero-order valence-corrected chi connectivity index (χ0v) is 11.1. The molecule has 0 radical (unpaired) electrons. The van der Waals surface area contributed by atoms with Crippen molar-refractivity contribution in [1.29, 1.82) is 0 Å². The van der Waals surface area contributed by atoms with Gasteiger partial charge < -0.3 is 11.1 Å². The lowest BCUT2D eigenvalue weighted by molar-refractivity contribution is -0.385. The third-order valence-electron chi connectivity index (χ3n) is 3.21. The minimum absolute atomic E-state index is 0.153. The average Bonchev–Trinajstić information content (AvgIpc) is 2.28. The van der Waals surface area contributed by atoms with E-state index in [1.807, 2.05) is 0 Å². The summed E-state index contributed by atoms with van der Waals surface area (Å²) in [7, 11) is 0. The van der Waals surface area contributed by atoms with Crippen LogP contribution in [0.15, 0.2) is 18.2 Å². The molecule has 0 aliphatic rings. The molecule has 0 saturated carbocycles. The maximum atomic E-state index is 10.7. The van der Waals surface area contributed by atoms with Gasteiger partial charge in [0.15, 0.2) is 0 Å². The molecule has 0 spiro atoms. The molecule has 0 bridgehead atoms. The predicted molar refractivity (Wildman–Crippen MR) is 73.7 cm³/mol. The smallest absolute Gasteiger partial charge is 0.272 e. The maximum absolute atomic E-state index is 10.7. The second-order valence-corrected chi connectivity index (χ2v) is 4.88. The lowest BCUT2D eigenvalue weighted by Gasteiger charge is -2.20. The normalized spacial score (nSPS) is 12.5. The van der Waals surface area contributed by atoms with Crippen molar-refractivity contribution in [2.24, 2.45) is 17.6 Å². The van der Waals surface area contributed by atoms with Crippen molar-refractivity contribution >= 4 is 11.4 Å². The van der Waals surface area contributed by atoms with Crippen LogP contribution in [0.25, 0.3) is 0 Å². The fourth-order valence-corrected chi connectivity index (χ4v) is 1.81. The van der Waals surface area contributed by atoms with Gasteiger partial charge in [0.25, 0.3) is 5.69 Å². The monoisotopic (exact) mass is 251 g/mol. The average molecular weight is 251 g/mol. The molecule has 1 aromatic carbocycles. The molecule has 1 atom stereocenters. The lowest BCUT2D eigenvalue weighted by atomic mass is 9.96. The zero-order valence-electron chi connectivity index (χ0n) is 11.1. The van der Waals surface area contributed by atoms with Crippen molar-refractivity contribution in [3.63, 3.8) is 0 Å². The highest BCUT2D eigenvalue weighted by Gasteiger charge is 2.13. The summed E-state index contributed by atoms with van der Waals surface area (Å²) in [6, 6.07) is 5.07. The number of benzene rings is 1. The van der Waals surface area contributed by atoms with E-state index in [0.717, 1.165) is 12.2 Å². The SMILES string of the molecule is Cc1cc(NCC(CN)C(C)C)ccc1[N+](=O)[O-]. The van der Waals surface area contributed by atoms with Crippen LogP contribution in [0.5, 0.6) is 0 Å². The molecule has 100 valence electrons. The van der Waals surface area contributed by atoms with E-state index in [-0.39, 0.29) is 10.6 Å². The number of hydrogen-bond donors (Lipinski definition) is 2. The molecule has 0 fully saturated rings. The number of nitro groups is 1. The Morgan fingerprint density at radius 1 is 1.44 bits per heavy atom. The predicted octanol–water partition coefficient (Wildman–Crippen LogP) is 2.55. The summed E-state index contributed by atoms with van der Waals surface area (Å²) in [6.07, 6.45) is 0. The van der Waals surface area contributed by atoms with Gasteiger partial charge >= 0.3 is 0 Å². The quantitative estimate of drug-likeness (QED) is 0.601. The second kappa shape index (κ2) is 6.35. The first-order valence-electron chi connectivity index (χ1n) is 6.14. The molecule has 0 aliphatic heterocycles. The first-order chi connectivity index (χ1) is 8.45. The summed E-state index contributed by atoms with van der Waals surface area (Å²) in [4.78, 5) is 10.3. The molecular formula is C13H21N3O2. The number of nitrogens with one attached hydrogen (secondary N) is 1. The van der Waals surface area contributed by atoms with Crippen LogP contribution in [0.1, 0.15) is 19.4 Å². The van der Waals surface area contributed by atoms with Gasteiger partial charge in [0.1, 0.15) is 0 Å². The van der Waals surface area contributed by atoms with Gasteiger partial charge in [0.2, 0.25) is 0 Å². The number of nitro benzene ring substituents is 1. The Kier molecular flexibility index (Phi) is 5.09. The number of rotatable bonds is 6. The fourth-order valence-electron chi connectivity index (χ4n) is 1.81. The topological polar surface area (TPSA) is 81.2 Å². The van der Waals surface area contributed by atoms with E-state index >= 15 is 0 Å². The highest BCUT2D eigenvalue weighted by Crippen LogP contribution is 2.22. The van der Waals surface area contributed by atoms with Gasteiger partial charge in [-0.1, -0.05) is 13.8 Å². The van der Waals surface area contributed by atoms with Crippen LogP contribution < -0.4 is 11.1 Å². The Labute approximate surface area is 108 Å². The Balaban J connectivity index is 2.69. The van der Waals surface area contributed by atoms with Crippen molar-refractivity contribution < 1.29 is 4.92 Å². The molecule has 18 heavy (non-hydrogen) atoms. The van der Waals surface area contributed by atoms with Gasteiger partial charge in [-0.2, -0.15) is 0 Å². The van der Waals surface area contributed by atoms with Crippen LogP contribution in [-0.2, 0) is 0 Å². The number of nitrogens with two attached hydrogens (primary N) is 1. The molecule has 0 heterocycles. The van der Waals surface area contributed by atoms with E-state index in [9.17, 15) is 10.1 Å². The summed E-state index contributed by atoms with van der Waals surface area (Å²) < 4.78 is 0. The molecule has 1 unspecified atom stereocenters. The van der Waals surface area contributed by atoms with E-state index in [2.05, 4.69) is 19.2 Å². The van der Waals surface area contributed by atoms with Gasteiger partial charge in [0.05, 0.1) is 4.92 Å². The number of anilines is 1. The molecule has 0 amide bonds. The third kappa shape index (κ3) is 3.70. The molecule has 1 aromatic rings. The van der Waals surface area contributed by atoms with Crippen LogP contribution in [0.4, 0.5) is 11.4 Å². The molecule has 0 aliphatic carbocycles. The summed E-state index contributed by atoms with van der Waals surface area (Å²) in [5, 5.41) is 14.0. The van der Waals surface area contributed by atoms with Crippen molar-refractivity contribution in [1.82, 2.24) is 0 Å². The van der Waals surface area contributed by atoms with Crippen molar-refractivity contribution in [3.8, 4) is 0 Å². The summed E-state index contributed by atoms with van der Waals surface area (Å²) in [6.45, 7) is 7.44. The lowest BCUT2D eigenvalue weighted by Crippen LogP contribution is -2.27. The number of aryl methyl sites for hydroxylation is 1.